The molecule has 0 aromatic heterocycles. The fourth-order valence-electron chi connectivity index (χ4n) is 13.7. The molecule has 6 N–H and O–H groups in total. The molecule has 6 aromatic rings. The predicted octanol–water partition coefficient (Wildman–Crippen LogP) is 18.6. The van der Waals surface area contributed by atoms with Gasteiger partial charge in [0, 0.05) is 81.1 Å². The van der Waals surface area contributed by atoms with E-state index in [0.29, 0.717) is 62.7 Å². The lowest BCUT2D eigenvalue weighted by Gasteiger charge is -2.54. The third-order valence-corrected chi connectivity index (χ3v) is 20.0. The van der Waals surface area contributed by atoms with Crippen LogP contribution in [0.4, 0.5) is 22.7 Å². The monoisotopic (exact) mass is 1310 g/mol. The van der Waals surface area contributed by atoms with Gasteiger partial charge in [-0.15, -0.1) is 0 Å². The van der Waals surface area contributed by atoms with Crippen LogP contribution in [-0.4, -0.2) is 58.2 Å². The van der Waals surface area contributed by atoms with E-state index in [-0.39, 0.29) is 45.3 Å². The highest BCUT2D eigenvalue weighted by Crippen LogP contribution is 2.59. The lowest BCUT2D eigenvalue weighted by Crippen LogP contribution is -2.51. The third kappa shape index (κ3) is 18.9. The summed E-state index contributed by atoms with van der Waals surface area (Å²) < 4.78 is 0. The molecule has 6 atom stereocenters. The highest BCUT2D eigenvalue weighted by atomic mass is 35.5. The van der Waals surface area contributed by atoms with Gasteiger partial charge in [-0.05, 0) is 267 Å². The molecule has 0 bridgehead atoms. The largest absolute Gasteiger partial charge is 0.399 e. The highest BCUT2D eigenvalue weighted by molar-refractivity contribution is 6.69. The first-order valence-corrected chi connectivity index (χ1v) is 32.7. The van der Waals surface area contributed by atoms with Crippen LogP contribution >= 0.6 is 46.4 Å². The molecule has 0 saturated heterocycles. The number of benzene rings is 6. The van der Waals surface area contributed by atoms with Gasteiger partial charge in [-0.2, -0.15) is 0 Å². The van der Waals surface area contributed by atoms with Crippen LogP contribution in [0.5, 0.6) is 0 Å². The number of ketones is 4. The summed E-state index contributed by atoms with van der Waals surface area (Å²) >= 11 is 22.3. The van der Waals surface area contributed by atoms with Crippen LogP contribution < -0.4 is 22.1 Å². The Kier molecular flexibility index (Phi) is 27.2. The lowest BCUT2D eigenvalue weighted by atomic mass is 9.50. The third-order valence-electron chi connectivity index (χ3n) is 18.9. The quantitative estimate of drug-likeness (QED) is 0.0512. The predicted molar refractivity (Wildman–Crippen MR) is 374 cm³/mol. The van der Waals surface area contributed by atoms with Crippen LogP contribution in [0.15, 0.2) is 121 Å². The smallest absolute Gasteiger partial charge is 0.252 e. The standard InChI is InChI=1S/C22H30O2.C21H26Cl2O2.C10H10O2.C8H4Cl2O2.C8H12N2.C6H8N2/c1-13(2)18-11-16-8-9-21-17(20(16)12-19(18)14(3)23)7-6-10-22(21,5)15(4)24;1-12(2)14-10-13-6-7-17-20(3,16(13)11-15(14)18(22)24)8-5-9-21(17,4)19(23)25;1-7(11)9-3-5-10(6-4-9)8(2)12;9-7(11)5-1-2-6(4-3-5)8(10)12;1-9-7-4-3-5-8(6-7)10-2;7-5-2-1-3-6(8)4-5/h11-13,17,21H,6-10H2,1-5H3;10-12,17H,5-9H2,1-4H3;3-6H,1-2H3;1-4H;3-6,9-10H,1-2H3;1-4H,7-8H2. The average Bonchev–Trinajstić information content (AvgIpc) is 0.733. The molecule has 12 nitrogen and oxygen atoms in total. The first-order valence-electron chi connectivity index (χ1n) is 31.2. The molecular weight excluding hydrogens is 1230 g/mol. The van der Waals surface area contributed by atoms with E-state index in [2.05, 4.69) is 76.4 Å². The van der Waals surface area contributed by atoms with Gasteiger partial charge < -0.3 is 22.1 Å². The van der Waals surface area contributed by atoms with Gasteiger partial charge in [0.2, 0.25) is 5.24 Å². The molecule has 16 heteroatoms. The summed E-state index contributed by atoms with van der Waals surface area (Å²) in [6, 6.07) is 36.4. The van der Waals surface area contributed by atoms with E-state index in [1.54, 1.807) is 56.3 Å². The molecule has 0 heterocycles. The van der Waals surface area contributed by atoms with E-state index in [4.69, 9.17) is 57.9 Å². The molecule has 2 fully saturated rings. The normalized spacial score (nSPS) is 20.6. The van der Waals surface area contributed by atoms with E-state index in [1.807, 2.05) is 51.4 Å². The number of halogens is 4. The highest BCUT2D eigenvalue weighted by Gasteiger charge is 2.55. The number of anilines is 4. The van der Waals surface area contributed by atoms with Gasteiger partial charge in [-0.25, -0.2) is 0 Å². The van der Waals surface area contributed by atoms with Crippen LogP contribution in [0.3, 0.4) is 0 Å². The number of carbonyl (C=O) groups excluding carboxylic acids is 8. The van der Waals surface area contributed by atoms with Gasteiger partial charge in [-0.1, -0.05) is 110 Å². The maximum Gasteiger partial charge on any atom is 0.252 e. The van der Waals surface area contributed by atoms with Crippen molar-refractivity contribution < 1.29 is 38.4 Å². The van der Waals surface area contributed by atoms with Gasteiger partial charge >= 0.3 is 0 Å². The number of aryl methyl sites for hydroxylation is 2. The van der Waals surface area contributed by atoms with Crippen molar-refractivity contribution in [1.29, 1.82) is 0 Å². The molecule has 6 aromatic carbocycles. The number of nitrogens with two attached hydrogens (primary N) is 2. The molecule has 0 spiro atoms. The summed E-state index contributed by atoms with van der Waals surface area (Å²) in [5, 5.41) is 4.40. The summed E-state index contributed by atoms with van der Waals surface area (Å²) in [6.07, 6.45) is 10.1. The Balaban J connectivity index is 0.000000209. The molecule has 2 saturated carbocycles. The molecule has 486 valence electrons. The Bertz CT molecular complexity index is 3450. The molecule has 6 unspecified atom stereocenters. The van der Waals surface area contributed by atoms with Crippen LogP contribution in [-0.2, 0) is 27.8 Å². The van der Waals surface area contributed by atoms with Crippen molar-refractivity contribution >= 4 is 113 Å². The summed E-state index contributed by atoms with van der Waals surface area (Å²) in [4.78, 5) is 91.7. The maximum absolute atomic E-state index is 12.4. The van der Waals surface area contributed by atoms with E-state index in [1.165, 1.54) is 65.9 Å². The van der Waals surface area contributed by atoms with Crippen molar-refractivity contribution in [2.24, 2.45) is 22.7 Å². The number of rotatable bonds is 12. The van der Waals surface area contributed by atoms with Crippen molar-refractivity contribution in [2.75, 3.05) is 36.2 Å². The molecule has 0 amide bonds. The van der Waals surface area contributed by atoms with Gasteiger partial charge in [0.1, 0.15) is 5.78 Å². The number of Topliss-reactive ketones (excluding diaryl/α,β-unsaturated/α-hetero) is 4. The van der Waals surface area contributed by atoms with E-state index < -0.39 is 21.1 Å². The van der Waals surface area contributed by atoms with Crippen molar-refractivity contribution in [2.45, 2.75) is 164 Å². The minimum absolute atomic E-state index is 0.0186. The first kappa shape index (κ1) is 74.8. The topological polar surface area (TPSA) is 213 Å². The fourth-order valence-corrected chi connectivity index (χ4v) is 14.3. The first-order chi connectivity index (χ1) is 42.7. The molecule has 10 rings (SSSR count). The van der Waals surface area contributed by atoms with Crippen LogP contribution in [0.1, 0.15) is 241 Å². The van der Waals surface area contributed by atoms with Gasteiger partial charge in [0.15, 0.2) is 17.3 Å². The van der Waals surface area contributed by atoms with Gasteiger partial charge in [-0.3, -0.25) is 38.4 Å². The summed E-state index contributed by atoms with van der Waals surface area (Å²) in [5.74, 6) is 2.22. The Labute approximate surface area is 558 Å². The molecule has 0 aliphatic heterocycles. The summed E-state index contributed by atoms with van der Waals surface area (Å²) in [5.41, 5.74) is 24.6. The van der Waals surface area contributed by atoms with Crippen LogP contribution in [0.25, 0.3) is 0 Å². The van der Waals surface area contributed by atoms with Crippen molar-refractivity contribution in [3.8, 4) is 0 Å². The van der Waals surface area contributed by atoms with Gasteiger partial charge in [0.05, 0.1) is 0 Å². The van der Waals surface area contributed by atoms with Crippen molar-refractivity contribution in [3.05, 3.63) is 188 Å². The Morgan fingerprint density at radius 3 is 1.37 bits per heavy atom. The fraction of sp³-hybridized carbons (Fsp3) is 0.413. The Hall–Kier alpha value is -6.96. The Morgan fingerprint density at radius 2 is 0.956 bits per heavy atom. The van der Waals surface area contributed by atoms with E-state index in [0.717, 1.165) is 86.7 Å². The maximum atomic E-state index is 12.4. The van der Waals surface area contributed by atoms with E-state index in [9.17, 15) is 38.4 Å². The molecule has 4 aliphatic carbocycles. The van der Waals surface area contributed by atoms with Crippen LogP contribution in [0.2, 0.25) is 0 Å². The SMILES string of the molecule is CC(=O)c1cc2c(cc1C(C)C)CCC1C2CCCC1(C)C(C)=O.CC(=O)c1ccc(C(C)=O)cc1.CC(C)c1cc2c(cc1C(=O)Cl)C1(C)CCCC(C)(C(=O)Cl)C1CC2.CNc1cccc(NC)c1.Nc1cccc(N)c1.O=C(Cl)c1ccc(C(=O)Cl)cc1. The van der Waals surface area contributed by atoms with Gasteiger partial charge in [0.25, 0.3) is 15.7 Å². The second-order valence-electron chi connectivity index (χ2n) is 25.6. The zero-order chi connectivity index (χ0) is 67.9. The second-order valence-corrected chi connectivity index (χ2v) is 27.0. The minimum Gasteiger partial charge on any atom is -0.399 e. The number of carbonyl (C=O) groups is 8. The molecule has 4 aliphatic rings. The van der Waals surface area contributed by atoms with Crippen molar-refractivity contribution in [3.63, 3.8) is 0 Å². The zero-order valence-electron chi connectivity index (χ0n) is 54.9. The number of nitrogens with one attached hydrogen (secondary N) is 2. The van der Waals surface area contributed by atoms with Crippen LogP contribution in [0, 0.1) is 22.7 Å². The molecule has 91 heavy (non-hydrogen) atoms. The Morgan fingerprint density at radius 1 is 0.495 bits per heavy atom. The number of hydrogen-bond acceptors (Lipinski definition) is 12. The summed E-state index contributed by atoms with van der Waals surface area (Å²) in [6.45, 7) is 21.4. The molecule has 0 radical (unpaired) electrons. The number of nitrogen functional groups attached to an aromatic ring is 2. The molecular formula is C75H90Cl4N4O8. The lowest BCUT2D eigenvalue weighted by molar-refractivity contribution is -0.131. The van der Waals surface area contributed by atoms with Crippen molar-refractivity contribution in [1.82, 2.24) is 0 Å². The minimum atomic E-state index is -0.552. The summed E-state index contributed by atoms with van der Waals surface area (Å²) in [7, 11) is 3.82. The number of fused-ring (bicyclic) bond motifs is 6. The second kappa shape index (κ2) is 33.1. The average molecular weight is 1320 g/mol. The zero-order valence-corrected chi connectivity index (χ0v) is 58.0. The van der Waals surface area contributed by atoms with E-state index >= 15 is 0 Å². The number of hydrogen-bond donors (Lipinski definition) is 4.